The number of hydrogen-bond donors (Lipinski definition) is 2. The summed E-state index contributed by atoms with van der Waals surface area (Å²) >= 11 is 3.68. The second-order valence-electron chi connectivity index (χ2n) is 5.01. The molecule has 0 aliphatic carbocycles. The van der Waals surface area contributed by atoms with Crippen LogP contribution >= 0.6 is 15.9 Å². The Morgan fingerprint density at radius 3 is 2.76 bits per heavy atom. The number of hydrogen-bond acceptors (Lipinski definition) is 4. The van der Waals surface area contributed by atoms with E-state index in [-0.39, 0.29) is 6.04 Å². The Hall–Kier alpha value is -1.24. The molecule has 0 aromatic carbocycles. The molecule has 21 heavy (non-hydrogen) atoms. The fourth-order valence-corrected chi connectivity index (χ4v) is 3.17. The third kappa shape index (κ3) is 3.90. The van der Waals surface area contributed by atoms with Gasteiger partial charge in [-0.2, -0.15) is 5.10 Å². The topological polar surface area (TPSA) is 68.8 Å². The zero-order valence-electron chi connectivity index (χ0n) is 12.5. The summed E-state index contributed by atoms with van der Waals surface area (Å²) < 4.78 is 3.16. The molecule has 0 saturated heterocycles. The molecule has 0 fully saturated rings. The first-order chi connectivity index (χ1) is 10.2. The van der Waals surface area contributed by atoms with Crippen LogP contribution in [0, 0.1) is 0 Å². The molecular formula is C15H22BrN5. The monoisotopic (exact) mass is 351 g/mol. The van der Waals surface area contributed by atoms with Gasteiger partial charge in [0.25, 0.3) is 0 Å². The maximum atomic E-state index is 5.73. The summed E-state index contributed by atoms with van der Waals surface area (Å²) in [6.07, 6.45) is 6.25. The van der Waals surface area contributed by atoms with Crippen molar-refractivity contribution in [3.05, 3.63) is 46.0 Å². The van der Waals surface area contributed by atoms with Crippen molar-refractivity contribution in [3.8, 4) is 0 Å². The fourth-order valence-electron chi connectivity index (χ4n) is 2.44. The van der Waals surface area contributed by atoms with Gasteiger partial charge in [0, 0.05) is 31.4 Å². The normalized spacial score (nSPS) is 12.6. The number of nitrogens with zero attached hydrogens (tertiary/aromatic N) is 3. The van der Waals surface area contributed by atoms with Gasteiger partial charge in [-0.25, -0.2) is 0 Å². The van der Waals surface area contributed by atoms with Crippen molar-refractivity contribution in [1.29, 1.82) is 0 Å². The quantitative estimate of drug-likeness (QED) is 0.592. The van der Waals surface area contributed by atoms with Gasteiger partial charge >= 0.3 is 0 Å². The van der Waals surface area contributed by atoms with E-state index in [1.165, 1.54) is 11.3 Å². The summed E-state index contributed by atoms with van der Waals surface area (Å²) in [6.45, 7) is 5.08. The van der Waals surface area contributed by atoms with Crippen LogP contribution in [-0.4, -0.2) is 20.8 Å². The highest BCUT2D eigenvalue weighted by Crippen LogP contribution is 2.24. The van der Waals surface area contributed by atoms with Crippen LogP contribution in [0.5, 0.6) is 0 Å². The average molecular weight is 352 g/mol. The van der Waals surface area contributed by atoms with Gasteiger partial charge in [0.2, 0.25) is 0 Å². The van der Waals surface area contributed by atoms with Crippen LogP contribution in [-0.2, 0) is 25.8 Å². The molecule has 1 atom stereocenters. The number of pyridine rings is 1. The Labute approximate surface area is 134 Å². The minimum atomic E-state index is 0.150. The number of hydrazine groups is 1. The van der Waals surface area contributed by atoms with E-state index < -0.39 is 0 Å². The van der Waals surface area contributed by atoms with Gasteiger partial charge in [0.15, 0.2) is 0 Å². The van der Waals surface area contributed by atoms with E-state index >= 15 is 0 Å². The van der Waals surface area contributed by atoms with Gasteiger partial charge in [-0.15, -0.1) is 0 Å². The molecule has 6 heteroatoms. The molecule has 0 aliphatic rings. The van der Waals surface area contributed by atoms with Gasteiger partial charge < -0.3 is 0 Å². The highest BCUT2D eigenvalue weighted by Gasteiger charge is 2.18. The summed E-state index contributed by atoms with van der Waals surface area (Å²) in [5, 5.41) is 4.63. The molecule has 5 nitrogen and oxygen atoms in total. The maximum Gasteiger partial charge on any atom is 0.0766 e. The van der Waals surface area contributed by atoms with Crippen LogP contribution in [0.3, 0.4) is 0 Å². The molecule has 1 unspecified atom stereocenters. The molecule has 0 radical (unpaired) electrons. The number of halogens is 1. The van der Waals surface area contributed by atoms with Gasteiger partial charge in [-0.3, -0.25) is 20.9 Å². The molecule has 2 aromatic heterocycles. The van der Waals surface area contributed by atoms with Crippen LogP contribution in [0.25, 0.3) is 0 Å². The molecule has 0 amide bonds. The molecule has 0 saturated carbocycles. The predicted molar refractivity (Wildman–Crippen MR) is 87.7 cm³/mol. The third-order valence-corrected chi connectivity index (χ3v) is 4.49. The van der Waals surface area contributed by atoms with Crippen molar-refractivity contribution in [2.45, 2.75) is 45.7 Å². The van der Waals surface area contributed by atoms with E-state index in [0.29, 0.717) is 0 Å². The van der Waals surface area contributed by atoms with E-state index in [1.54, 1.807) is 6.20 Å². The van der Waals surface area contributed by atoms with E-state index in [9.17, 15) is 0 Å². The molecule has 0 bridgehead atoms. The standard InChI is InChI=1S/C15H22BrN5/c1-3-13-15(16)14(21(4-2)20-13)9-12(19-17)8-11-6-5-7-18-10-11/h5-7,10,12,19H,3-4,8-9,17H2,1-2H3. The molecule has 114 valence electrons. The second-order valence-corrected chi connectivity index (χ2v) is 5.80. The number of rotatable bonds is 7. The van der Waals surface area contributed by atoms with E-state index in [0.717, 1.165) is 36.0 Å². The van der Waals surface area contributed by atoms with Gasteiger partial charge in [-0.1, -0.05) is 13.0 Å². The van der Waals surface area contributed by atoms with Crippen LogP contribution in [0.4, 0.5) is 0 Å². The highest BCUT2D eigenvalue weighted by molar-refractivity contribution is 9.10. The summed E-state index contributed by atoms with van der Waals surface area (Å²) in [4.78, 5) is 4.15. The van der Waals surface area contributed by atoms with Gasteiger partial charge in [0.1, 0.15) is 0 Å². The molecule has 3 N–H and O–H groups in total. The summed E-state index contributed by atoms with van der Waals surface area (Å²) in [6, 6.07) is 4.17. The van der Waals surface area contributed by atoms with Crippen molar-refractivity contribution < 1.29 is 0 Å². The first-order valence-corrected chi connectivity index (χ1v) is 8.07. The SMILES string of the molecule is CCc1nn(CC)c(CC(Cc2cccnc2)NN)c1Br. The summed E-state index contributed by atoms with van der Waals surface area (Å²) in [5.74, 6) is 5.73. The Balaban J connectivity index is 2.16. The third-order valence-electron chi connectivity index (χ3n) is 3.57. The zero-order valence-corrected chi connectivity index (χ0v) is 14.1. The van der Waals surface area contributed by atoms with Crippen molar-refractivity contribution in [2.24, 2.45) is 5.84 Å². The van der Waals surface area contributed by atoms with Crippen molar-refractivity contribution in [3.63, 3.8) is 0 Å². The molecular weight excluding hydrogens is 330 g/mol. The van der Waals surface area contributed by atoms with E-state index in [2.05, 4.69) is 56.0 Å². The Morgan fingerprint density at radius 2 is 2.19 bits per heavy atom. The Kier molecular flexibility index (Phi) is 5.90. The van der Waals surface area contributed by atoms with Gasteiger partial charge in [0.05, 0.1) is 15.9 Å². The number of nitrogens with one attached hydrogen (secondary N) is 1. The molecule has 2 aromatic rings. The minimum absolute atomic E-state index is 0.150. The Bertz CT molecular complexity index is 567. The van der Waals surface area contributed by atoms with Crippen molar-refractivity contribution in [1.82, 2.24) is 20.2 Å². The van der Waals surface area contributed by atoms with Crippen LogP contribution < -0.4 is 11.3 Å². The zero-order chi connectivity index (χ0) is 15.2. The Morgan fingerprint density at radius 1 is 1.38 bits per heavy atom. The lowest BCUT2D eigenvalue weighted by Gasteiger charge is -2.17. The lowest BCUT2D eigenvalue weighted by Crippen LogP contribution is -2.39. The molecule has 2 heterocycles. The first-order valence-electron chi connectivity index (χ1n) is 7.28. The predicted octanol–water partition coefficient (Wildman–Crippen LogP) is 2.24. The molecule has 0 aliphatic heterocycles. The van der Waals surface area contributed by atoms with Crippen molar-refractivity contribution >= 4 is 15.9 Å². The van der Waals surface area contributed by atoms with E-state index in [1.807, 2.05) is 12.3 Å². The lowest BCUT2D eigenvalue weighted by atomic mass is 10.0. The van der Waals surface area contributed by atoms with E-state index in [4.69, 9.17) is 5.84 Å². The summed E-state index contributed by atoms with van der Waals surface area (Å²) in [5.41, 5.74) is 6.39. The van der Waals surface area contributed by atoms with Gasteiger partial charge in [-0.05, 0) is 47.3 Å². The fraction of sp³-hybridized carbons (Fsp3) is 0.467. The minimum Gasteiger partial charge on any atom is -0.271 e. The second kappa shape index (κ2) is 7.68. The largest absolute Gasteiger partial charge is 0.271 e. The smallest absolute Gasteiger partial charge is 0.0766 e. The number of aromatic nitrogens is 3. The molecule has 0 spiro atoms. The average Bonchev–Trinajstić information content (AvgIpc) is 2.83. The summed E-state index contributed by atoms with van der Waals surface area (Å²) in [7, 11) is 0. The first kappa shape index (κ1) is 16.1. The molecule has 2 rings (SSSR count). The number of nitrogens with two attached hydrogens (primary N) is 1. The highest BCUT2D eigenvalue weighted by atomic mass is 79.9. The van der Waals surface area contributed by atoms with Crippen LogP contribution in [0.15, 0.2) is 29.0 Å². The lowest BCUT2D eigenvalue weighted by molar-refractivity contribution is 0.494. The number of aryl methyl sites for hydroxylation is 2. The maximum absolute atomic E-state index is 5.73. The van der Waals surface area contributed by atoms with Crippen LogP contribution in [0.2, 0.25) is 0 Å². The van der Waals surface area contributed by atoms with Crippen LogP contribution in [0.1, 0.15) is 30.8 Å². The van der Waals surface area contributed by atoms with Crippen molar-refractivity contribution in [2.75, 3.05) is 0 Å².